The number of hydrogen-bond acceptors (Lipinski definition) is 1. The molecule has 1 rings (SSSR count). The van der Waals surface area contributed by atoms with E-state index in [-0.39, 0.29) is 18.4 Å². The van der Waals surface area contributed by atoms with E-state index in [0.717, 1.165) is 0 Å². The van der Waals surface area contributed by atoms with Gasteiger partial charge in [0.25, 0.3) is 5.41 Å². The van der Waals surface area contributed by atoms with Crippen LogP contribution in [-0.4, -0.2) is 30.7 Å². The zero-order valence-electron chi connectivity index (χ0n) is 11.9. The van der Waals surface area contributed by atoms with E-state index in [1.54, 1.807) is 0 Å². The Morgan fingerprint density at radius 1 is 0.692 bits per heavy atom. The quantitative estimate of drug-likeness (QED) is 0.455. The highest BCUT2D eigenvalue weighted by molar-refractivity contribution is 5.74. The summed E-state index contributed by atoms with van der Waals surface area (Å²) in [6.45, 7) is 0. The van der Waals surface area contributed by atoms with Gasteiger partial charge in [-0.25, -0.2) is 4.39 Å². The minimum absolute atomic E-state index is 0.0299. The van der Waals surface area contributed by atoms with Crippen molar-refractivity contribution in [3.63, 3.8) is 0 Å². The van der Waals surface area contributed by atoms with E-state index in [0.29, 0.717) is 12.1 Å². The average molecular weight is 406 g/mol. The predicted molar refractivity (Wildman–Crippen MR) is 61.2 cm³/mol. The number of carbonyl (C=O) groups is 1. The van der Waals surface area contributed by atoms with E-state index in [9.17, 15) is 57.5 Å². The van der Waals surface area contributed by atoms with Crippen molar-refractivity contribution >= 4 is 6.29 Å². The average Bonchev–Trinajstić information content (AvgIpc) is 2.43. The van der Waals surface area contributed by atoms with Gasteiger partial charge in [-0.05, 0) is 5.56 Å². The lowest BCUT2D eigenvalue weighted by molar-refractivity contribution is -0.462. The maximum Gasteiger partial charge on any atom is 0.454 e. The van der Waals surface area contributed by atoms with Crippen molar-refractivity contribution in [3.05, 3.63) is 35.4 Å². The third-order valence-electron chi connectivity index (χ3n) is 3.49. The molecule has 26 heavy (non-hydrogen) atoms. The molecule has 0 aliphatic carbocycles. The summed E-state index contributed by atoms with van der Waals surface area (Å²) in [4.78, 5) is 10.4. The lowest BCUT2D eigenvalue weighted by Gasteiger charge is -2.44. The fraction of sp³-hybridized carbons (Fsp3) is 0.462. The molecule has 0 heterocycles. The molecule has 0 fully saturated rings. The molecule has 1 aromatic rings. The fourth-order valence-corrected chi connectivity index (χ4v) is 2.18. The Morgan fingerprint density at radius 3 is 1.35 bits per heavy atom. The number of benzene rings is 1. The van der Waals surface area contributed by atoms with Gasteiger partial charge in [-0.15, -0.1) is 0 Å². The highest BCUT2D eigenvalue weighted by Crippen LogP contribution is 2.68. The first-order valence-electron chi connectivity index (χ1n) is 6.22. The number of aldehydes is 1. The summed E-state index contributed by atoms with van der Waals surface area (Å²) in [6.07, 6.45) is -27.0. The Hall–Kier alpha value is -1.95. The molecule has 0 N–H and O–H groups in total. The molecule has 0 bridgehead atoms. The van der Waals surface area contributed by atoms with Gasteiger partial charge in [-0.2, -0.15) is 48.3 Å². The maximum absolute atomic E-state index is 14.2. The number of rotatable bonds is 4. The minimum atomic E-state index is -7.56. The first-order valence-corrected chi connectivity index (χ1v) is 6.22. The van der Waals surface area contributed by atoms with Crippen LogP contribution >= 0.6 is 0 Å². The summed E-state index contributed by atoms with van der Waals surface area (Å²) >= 11 is 0. The molecule has 0 saturated carbocycles. The predicted octanol–water partition coefficient (Wildman–Crippen LogP) is 5.82. The molecule has 1 aromatic carbocycles. The summed E-state index contributed by atoms with van der Waals surface area (Å²) in [5.74, 6) is -7.56. The molecular weight excluding hydrogens is 400 g/mol. The van der Waals surface area contributed by atoms with Gasteiger partial charge in [0.1, 0.15) is 6.29 Å². The molecule has 1 atom stereocenters. The van der Waals surface area contributed by atoms with Gasteiger partial charge in [0.05, 0.1) is 0 Å². The van der Waals surface area contributed by atoms with Gasteiger partial charge in [-0.3, -0.25) is 4.79 Å². The normalized spacial score (nSPS) is 15.7. The van der Waals surface area contributed by atoms with Crippen LogP contribution in [0, 0.1) is 5.41 Å². The van der Waals surface area contributed by atoms with Gasteiger partial charge in [0, 0.05) is 5.56 Å². The fourth-order valence-electron chi connectivity index (χ4n) is 2.18. The summed E-state index contributed by atoms with van der Waals surface area (Å²) in [5, 5.41) is 0. The smallest absolute Gasteiger partial charge is 0.298 e. The maximum atomic E-state index is 14.2. The third-order valence-corrected chi connectivity index (χ3v) is 3.49. The van der Waals surface area contributed by atoms with E-state index < -0.39 is 47.2 Å². The second-order valence-corrected chi connectivity index (χ2v) is 5.02. The molecule has 0 aliphatic heterocycles. The minimum Gasteiger partial charge on any atom is -0.298 e. The van der Waals surface area contributed by atoms with Crippen LogP contribution in [0.5, 0.6) is 0 Å². The zero-order chi connectivity index (χ0) is 20.8. The van der Waals surface area contributed by atoms with Crippen LogP contribution in [0.3, 0.4) is 0 Å². The first kappa shape index (κ1) is 22.1. The summed E-state index contributed by atoms with van der Waals surface area (Å²) in [6, 6.07) is 1.07. The number of hydrogen-bond donors (Lipinski definition) is 0. The second-order valence-electron chi connectivity index (χ2n) is 5.02. The second kappa shape index (κ2) is 6.34. The van der Waals surface area contributed by atoms with E-state index in [2.05, 4.69) is 0 Å². The molecule has 0 aliphatic rings. The molecule has 0 amide bonds. The third kappa shape index (κ3) is 3.11. The SMILES string of the molecule is O=Cc1ccc(C(F)C(C(F)(F)F)(C(F)(F)F)C(F)(F)C(F)(F)F)cc1. The summed E-state index contributed by atoms with van der Waals surface area (Å²) < 4.78 is 156. The van der Waals surface area contributed by atoms with Crippen LogP contribution in [0.2, 0.25) is 0 Å². The highest BCUT2D eigenvalue weighted by atomic mass is 19.4. The summed E-state index contributed by atoms with van der Waals surface area (Å²) in [5.41, 5.74) is -9.27. The molecule has 0 spiro atoms. The molecule has 0 aromatic heterocycles. The van der Waals surface area contributed by atoms with Crippen molar-refractivity contribution in [2.75, 3.05) is 0 Å². The van der Waals surface area contributed by atoms with E-state index >= 15 is 0 Å². The van der Waals surface area contributed by atoms with Gasteiger partial charge in [0.15, 0.2) is 6.17 Å². The lowest BCUT2D eigenvalue weighted by atomic mass is 9.72. The van der Waals surface area contributed by atoms with Crippen molar-refractivity contribution in [1.29, 1.82) is 0 Å². The van der Waals surface area contributed by atoms with Crippen LogP contribution in [0.15, 0.2) is 24.3 Å². The van der Waals surface area contributed by atoms with Gasteiger partial charge >= 0.3 is 24.5 Å². The molecule has 1 unspecified atom stereocenters. The first-order chi connectivity index (χ1) is 11.4. The van der Waals surface area contributed by atoms with Crippen LogP contribution in [0.4, 0.5) is 52.7 Å². The summed E-state index contributed by atoms with van der Waals surface area (Å²) in [7, 11) is 0. The highest BCUT2D eigenvalue weighted by Gasteiger charge is 2.92. The van der Waals surface area contributed by atoms with Crippen molar-refractivity contribution < 1.29 is 57.5 Å². The Labute approximate surface area is 136 Å². The van der Waals surface area contributed by atoms with Crippen LogP contribution in [0.25, 0.3) is 0 Å². The van der Waals surface area contributed by atoms with Gasteiger partial charge in [-0.1, -0.05) is 24.3 Å². The number of alkyl halides is 12. The molecule has 148 valence electrons. The van der Waals surface area contributed by atoms with Gasteiger partial charge < -0.3 is 0 Å². The molecule has 13 heteroatoms. The monoisotopic (exact) mass is 406 g/mol. The van der Waals surface area contributed by atoms with Crippen molar-refractivity contribution in [1.82, 2.24) is 0 Å². The van der Waals surface area contributed by atoms with E-state index in [1.165, 1.54) is 0 Å². The Kier molecular flexibility index (Phi) is 5.39. The van der Waals surface area contributed by atoms with E-state index in [1.807, 2.05) is 0 Å². The van der Waals surface area contributed by atoms with Crippen molar-refractivity contribution in [2.45, 2.75) is 30.6 Å². The lowest BCUT2D eigenvalue weighted by Crippen LogP contribution is -2.68. The van der Waals surface area contributed by atoms with E-state index in [4.69, 9.17) is 0 Å². The van der Waals surface area contributed by atoms with Crippen molar-refractivity contribution in [3.8, 4) is 0 Å². The van der Waals surface area contributed by atoms with Crippen molar-refractivity contribution in [2.24, 2.45) is 5.41 Å². The van der Waals surface area contributed by atoms with Crippen LogP contribution in [0.1, 0.15) is 22.1 Å². The molecular formula is C13H6F12O. The van der Waals surface area contributed by atoms with Crippen LogP contribution in [-0.2, 0) is 0 Å². The Morgan fingerprint density at radius 2 is 1.08 bits per heavy atom. The van der Waals surface area contributed by atoms with Gasteiger partial charge in [0.2, 0.25) is 0 Å². The molecule has 0 radical (unpaired) electrons. The molecule has 1 nitrogen and oxygen atoms in total. The standard InChI is InChI=1S/C13H6F12O/c14-8(7-3-1-6(5-26)2-4-7)9(11(17,18)19,12(20,21)22)10(15,16)13(23,24)25/h1-5,8H. The zero-order valence-corrected chi connectivity index (χ0v) is 11.9. The largest absolute Gasteiger partial charge is 0.454 e. The number of carbonyl (C=O) groups excluding carboxylic acids is 1. The Balaban J connectivity index is 3.86. The number of halogens is 12. The Bertz CT molecular complexity index is 623. The van der Waals surface area contributed by atoms with Crippen LogP contribution < -0.4 is 0 Å². The molecule has 0 saturated heterocycles. The topological polar surface area (TPSA) is 17.1 Å².